The number of ether oxygens (including phenoxy) is 1. The molecule has 8 nitrogen and oxygen atoms in total. The van der Waals surface area contributed by atoms with E-state index in [1.54, 1.807) is 12.1 Å². The number of aromatic hydroxyl groups is 1. The number of amides is 1. The van der Waals surface area contributed by atoms with Crippen LogP contribution in [0.5, 0.6) is 11.5 Å². The van der Waals surface area contributed by atoms with Crippen LogP contribution in [0.4, 0.5) is 4.39 Å². The highest BCUT2D eigenvalue weighted by atomic mass is 19.1. The van der Waals surface area contributed by atoms with Gasteiger partial charge in [-0.1, -0.05) is 11.6 Å². The number of rotatable bonds is 9. The predicted octanol–water partition coefficient (Wildman–Crippen LogP) is 3.13. The number of halogens is 1. The fourth-order valence-electron chi connectivity index (χ4n) is 2.72. The van der Waals surface area contributed by atoms with E-state index < -0.39 is 5.95 Å². The summed E-state index contributed by atoms with van der Waals surface area (Å²) < 4.78 is 23.4. The van der Waals surface area contributed by atoms with Gasteiger partial charge in [-0.2, -0.15) is 9.37 Å². The van der Waals surface area contributed by atoms with Crippen LogP contribution in [0.2, 0.25) is 0 Å². The lowest BCUT2D eigenvalue weighted by Gasteiger charge is -2.04. The fourth-order valence-corrected chi connectivity index (χ4v) is 2.72. The molecule has 2 N–H and O–H groups in total. The van der Waals surface area contributed by atoms with Crippen molar-refractivity contribution < 1.29 is 23.6 Å². The van der Waals surface area contributed by atoms with Gasteiger partial charge in [0.05, 0.1) is 7.11 Å². The number of nitrogens with one attached hydrogen (secondary N) is 1. The van der Waals surface area contributed by atoms with Crippen molar-refractivity contribution >= 4 is 5.91 Å². The number of hydrogen-bond donors (Lipinski definition) is 2. The van der Waals surface area contributed by atoms with Crippen molar-refractivity contribution in [2.75, 3.05) is 13.7 Å². The smallest absolute Gasteiger partial charge is 0.251 e. The number of nitrogens with zero attached hydrogens (tertiary/aromatic N) is 3. The summed E-state index contributed by atoms with van der Waals surface area (Å²) in [5.41, 5.74) is 0.937. The molecule has 9 heteroatoms. The highest BCUT2D eigenvalue weighted by Gasteiger charge is 2.11. The highest BCUT2D eigenvalue weighted by Crippen LogP contribution is 2.30. The molecule has 0 saturated heterocycles. The zero-order chi connectivity index (χ0) is 20.6. The van der Waals surface area contributed by atoms with Crippen LogP contribution in [0.15, 0.2) is 41.1 Å². The number of carbonyl (C=O) groups excluding carboxylic acids is 1. The van der Waals surface area contributed by atoms with Crippen LogP contribution < -0.4 is 10.1 Å². The average molecular weight is 400 g/mol. The molecular weight excluding hydrogens is 379 g/mol. The molecule has 0 spiro atoms. The molecule has 0 radical (unpaired) electrons. The van der Waals surface area contributed by atoms with Crippen molar-refractivity contribution in [2.24, 2.45) is 0 Å². The quantitative estimate of drug-likeness (QED) is 0.419. The first kappa shape index (κ1) is 20.2. The van der Waals surface area contributed by atoms with Crippen LogP contribution in [0.1, 0.15) is 35.5 Å². The van der Waals surface area contributed by atoms with Gasteiger partial charge in [-0.25, -0.2) is 4.98 Å². The van der Waals surface area contributed by atoms with Gasteiger partial charge in [0, 0.05) is 36.4 Å². The Kier molecular flexibility index (Phi) is 6.72. The monoisotopic (exact) mass is 400 g/mol. The molecule has 1 aromatic carbocycles. The van der Waals surface area contributed by atoms with E-state index in [1.165, 1.54) is 25.4 Å². The highest BCUT2D eigenvalue weighted by molar-refractivity contribution is 5.93. The molecule has 2 aromatic heterocycles. The van der Waals surface area contributed by atoms with Gasteiger partial charge in [-0.05, 0) is 37.1 Å². The fraction of sp³-hybridized carbons (Fsp3) is 0.300. The minimum Gasteiger partial charge on any atom is -0.504 e. The first-order valence-electron chi connectivity index (χ1n) is 9.16. The van der Waals surface area contributed by atoms with Gasteiger partial charge in [-0.3, -0.25) is 4.79 Å². The number of benzene rings is 1. The summed E-state index contributed by atoms with van der Waals surface area (Å²) in [5, 5.41) is 16.4. The van der Waals surface area contributed by atoms with E-state index >= 15 is 0 Å². The van der Waals surface area contributed by atoms with Gasteiger partial charge in [0.25, 0.3) is 5.91 Å². The lowest BCUT2D eigenvalue weighted by molar-refractivity contribution is 0.0952. The SMILES string of the molecule is COc1cc(-c2noc(CCCCCNC(=O)c3ccnc(F)c3)n2)ccc1O. The normalized spacial score (nSPS) is 10.7. The number of unbranched alkanes of at least 4 members (excludes halogenated alkanes) is 2. The Balaban J connectivity index is 1.40. The Morgan fingerprint density at radius 3 is 2.90 bits per heavy atom. The van der Waals surface area contributed by atoms with Gasteiger partial charge in [-0.15, -0.1) is 0 Å². The molecule has 3 aromatic rings. The van der Waals surface area contributed by atoms with Gasteiger partial charge in [0.1, 0.15) is 0 Å². The molecule has 152 valence electrons. The Morgan fingerprint density at radius 1 is 1.24 bits per heavy atom. The molecule has 0 unspecified atom stereocenters. The summed E-state index contributed by atoms with van der Waals surface area (Å²) in [4.78, 5) is 19.7. The Hall–Kier alpha value is -3.49. The summed E-state index contributed by atoms with van der Waals surface area (Å²) in [6, 6.07) is 7.41. The summed E-state index contributed by atoms with van der Waals surface area (Å²) in [7, 11) is 1.47. The average Bonchev–Trinajstić information content (AvgIpc) is 3.19. The van der Waals surface area contributed by atoms with Crippen molar-refractivity contribution in [3.63, 3.8) is 0 Å². The molecule has 2 heterocycles. The molecule has 3 rings (SSSR count). The minimum atomic E-state index is -0.678. The Labute approximate surface area is 166 Å². The molecule has 0 aliphatic heterocycles. The van der Waals surface area contributed by atoms with E-state index in [0.717, 1.165) is 25.3 Å². The van der Waals surface area contributed by atoms with Gasteiger partial charge < -0.3 is 19.7 Å². The van der Waals surface area contributed by atoms with Crippen molar-refractivity contribution in [2.45, 2.75) is 25.7 Å². The van der Waals surface area contributed by atoms with Crippen molar-refractivity contribution in [1.82, 2.24) is 20.4 Å². The number of hydrogen-bond acceptors (Lipinski definition) is 7. The number of methoxy groups -OCH3 is 1. The van der Waals surface area contributed by atoms with Crippen LogP contribution in [0.25, 0.3) is 11.4 Å². The largest absolute Gasteiger partial charge is 0.504 e. The molecular formula is C20H21FN4O4. The third-order valence-electron chi connectivity index (χ3n) is 4.25. The van der Waals surface area contributed by atoms with Crippen LogP contribution in [-0.4, -0.2) is 39.8 Å². The van der Waals surface area contributed by atoms with Crippen molar-refractivity contribution in [3.05, 3.63) is 53.9 Å². The summed E-state index contributed by atoms with van der Waals surface area (Å²) in [6.07, 6.45) is 4.33. The predicted molar refractivity (Wildman–Crippen MR) is 102 cm³/mol. The maximum atomic E-state index is 13.0. The maximum absolute atomic E-state index is 13.0. The van der Waals surface area contributed by atoms with Gasteiger partial charge in [0.15, 0.2) is 11.5 Å². The van der Waals surface area contributed by atoms with Crippen LogP contribution >= 0.6 is 0 Å². The van der Waals surface area contributed by atoms with E-state index in [0.29, 0.717) is 36.0 Å². The molecule has 0 aliphatic carbocycles. The number of carbonyl (C=O) groups is 1. The molecule has 0 saturated carbocycles. The van der Waals surface area contributed by atoms with E-state index in [2.05, 4.69) is 20.4 Å². The van der Waals surface area contributed by atoms with Gasteiger partial charge >= 0.3 is 0 Å². The van der Waals surface area contributed by atoms with Crippen LogP contribution in [0, 0.1) is 5.95 Å². The molecule has 0 bridgehead atoms. The first-order valence-corrected chi connectivity index (χ1v) is 9.16. The second-order valence-corrected chi connectivity index (χ2v) is 6.33. The number of pyridine rings is 1. The van der Waals surface area contributed by atoms with E-state index in [-0.39, 0.29) is 17.2 Å². The number of aromatic nitrogens is 3. The number of phenolic OH excluding ortho intramolecular Hbond substituents is 1. The van der Waals surface area contributed by atoms with Crippen molar-refractivity contribution in [1.29, 1.82) is 0 Å². The second kappa shape index (κ2) is 9.63. The molecule has 0 aliphatic rings. The van der Waals surface area contributed by atoms with Gasteiger partial charge in [0.2, 0.25) is 17.7 Å². The molecule has 29 heavy (non-hydrogen) atoms. The van der Waals surface area contributed by atoms with Crippen LogP contribution in [-0.2, 0) is 6.42 Å². The van der Waals surface area contributed by atoms with E-state index in [4.69, 9.17) is 9.26 Å². The first-order chi connectivity index (χ1) is 14.1. The molecule has 0 fully saturated rings. The Morgan fingerprint density at radius 2 is 2.10 bits per heavy atom. The molecule has 1 amide bonds. The van der Waals surface area contributed by atoms with Crippen molar-refractivity contribution in [3.8, 4) is 22.9 Å². The molecule has 0 atom stereocenters. The third kappa shape index (κ3) is 5.50. The van der Waals surface area contributed by atoms with Crippen LogP contribution in [0.3, 0.4) is 0 Å². The lowest BCUT2D eigenvalue weighted by atomic mass is 10.2. The Bertz CT molecular complexity index is 977. The zero-order valence-electron chi connectivity index (χ0n) is 15.9. The summed E-state index contributed by atoms with van der Waals surface area (Å²) in [5.74, 6) is 0.324. The van der Waals surface area contributed by atoms with E-state index in [9.17, 15) is 14.3 Å². The lowest BCUT2D eigenvalue weighted by Crippen LogP contribution is -2.24. The number of aryl methyl sites for hydroxylation is 1. The summed E-state index contributed by atoms with van der Waals surface area (Å²) >= 11 is 0. The second-order valence-electron chi connectivity index (χ2n) is 6.33. The topological polar surface area (TPSA) is 110 Å². The van der Waals surface area contributed by atoms with E-state index in [1.807, 2.05) is 0 Å². The summed E-state index contributed by atoms with van der Waals surface area (Å²) in [6.45, 7) is 0.491. The third-order valence-corrected chi connectivity index (χ3v) is 4.25. The standard InChI is InChI=1S/C20H21FN4O4/c1-28-16-11-13(6-7-15(16)26)19-24-18(29-25-19)5-3-2-4-9-23-20(27)14-8-10-22-17(21)12-14/h6-8,10-12,26H,2-5,9H2,1H3,(H,23,27). The number of phenols is 1. The minimum absolute atomic E-state index is 0.0427. The maximum Gasteiger partial charge on any atom is 0.251 e. The zero-order valence-corrected chi connectivity index (χ0v) is 15.9.